The lowest BCUT2D eigenvalue weighted by Crippen LogP contribution is -2.06. The molecule has 1 heterocycles. The molecule has 0 spiro atoms. The van der Waals surface area contributed by atoms with Crippen LogP contribution in [0, 0.1) is 0 Å². The Balaban J connectivity index is 2.14. The molecule has 0 saturated heterocycles. The number of fused-ring (bicyclic) bond motifs is 1. The zero-order valence-electron chi connectivity index (χ0n) is 8.93. The number of hydrogen-bond acceptors (Lipinski definition) is 4. The van der Waals surface area contributed by atoms with Crippen molar-refractivity contribution in [3.63, 3.8) is 0 Å². The zero-order valence-corrected chi connectivity index (χ0v) is 8.93. The van der Waals surface area contributed by atoms with E-state index < -0.39 is 0 Å². The van der Waals surface area contributed by atoms with Crippen molar-refractivity contribution in [2.45, 2.75) is 25.7 Å². The summed E-state index contributed by atoms with van der Waals surface area (Å²) in [5, 5.41) is 15.6. The third-order valence-corrected chi connectivity index (χ3v) is 3.05. The van der Waals surface area contributed by atoms with Gasteiger partial charge in [-0.3, -0.25) is 0 Å². The molecule has 0 fully saturated rings. The molecule has 0 N–H and O–H groups in total. The summed E-state index contributed by atoms with van der Waals surface area (Å²) in [6.07, 6.45) is 6.17. The molecule has 4 nitrogen and oxygen atoms in total. The molecule has 0 radical (unpaired) electrons. The van der Waals surface area contributed by atoms with Gasteiger partial charge in [0.25, 0.3) is 0 Å². The Hall–Kier alpha value is -1.84. The van der Waals surface area contributed by atoms with E-state index in [0.717, 1.165) is 18.4 Å². The highest BCUT2D eigenvalue weighted by atomic mass is 15.3. The number of aryl methyl sites for hydroxylation is 1. The van der Waals surface area contributed by atoms with Crippen LogP contribution in [0.2, 0.25) is 0 Å². The van der Waals surface area contributed by atoms with Crippen LogP contribution >= 0.6 is 0 Å². The smallest absolute Gasteiger partial charge is 0.135 e. The molecule has 1 aromatic heterocycles. The quantitative estimate of drug-likeness (QED) is 0.723. The van der Waals surface area contributed by atoms with E-state index in [1.54, 1.807) is 0 Å². The molecular weight excluding hydrogens is 200 g/mol. The Morgan fingerprint density at radius 3 is 2.62 bits per heavy atom. The molecule has 4 heteroatoms. The van der Waals surface area contributed by atoms with Gasteiger partial charge in [0.1, 0.15) is 0 Å². The molecule has 1 aromatic carbocycles. The Bertz CT molecular complexity index is 496. The van der Waals surface area contributed by atoms with Gasteiger partial charge in [-0.2, -0.15) is 0 Å². The molecule has 0 atom stereocenters. The highest BCUT2D eigenvalue weighted by Gasteiger charge is 2.15. The van der Waals surface area contributed by atoms with E-state index in [9.17, 15) is 0 Å². The summed E-state index contributed by atoms with van der Waals surface area (Å²) in [4.78, 5) is 0. The minimum absolute atomic E-state index is 0.640. The summed E-state index contributed by atoms with van der Waals surface area (Å²) in [6, 6.07) is 6.32. The summed E-state index contributed by atoms with van der Waals surface area (Å²) >= 11 is 0. The largest absolute Gasteiger partial charge is 0.203 e. The van der Waals surface area contributed by atoms with Gasteiger partial charge in [-0.05, 0) is 36.8 Å². The SMILES string of the molecule is c1cc2c(c(-c3nncnn3)c1)CCCC2. The fourth-order valence-electron chi connectivity index (χ4n) is 2.30. The molecule has 1 aliphatic carbocycles. The van der Waals surface area contributed by atoms with Gasteiger partial charge in [-0.1, -0.05) is 18.2 Å². The van der Waals surface area contributed by atoms with Crippen LogP contribution in [0.3, 0.4) is 0 Å². The van der Waals surface area contributed by atoms with E-state index in [1.165, 1.54) is 30.3 Å². The minimum Gasteiger partial charge on any atom is -0.135 e. The fourth-order valence-corrected chi connectivity index (χ4v) is 2.30. The molecule has 0 saturated carbocycles. The number of nitrogens with zero attached hydrogens (tertiary/aromatic N) is 4. The maximum atomic E-state index is 4.03. The van der Waals surface area contributed by atoms with Crippen molar-refractivity contribution < 1.29 is 0 Å². The molecular formula is C12H12N4. The number of hydrogen-bond donors (Lipinski definition) is 0. The van der Waals surface area contributed by atoms with E-state index in [2.05, 4.69) is 38.6 Å². The Labute approximate surface area is 93.8 Å². The molecule has 0 aliphatic heterocycles. The second kappa shape index (κ2) is 3.96. The van der Waals surface area contributed by atoms with Crippen LogP contribution in [-0.4, -0.2) is 20.4 Å². The van der Waals surface area contributed by atoms with Gasteiger partial charge in [0.15, 0.2) is 6.33 Å². The third kappa shape index (κ3) is 1.56. The second-order valence-electron chi connectivity index (χ2n) is 4.02. The molecule has 0 amide bonds. The van der Waals surface area contributed by atoms with Gasteiger partial charge in [-0.15, -0.1) is 20.4 Å². The standard InChI is InChI=1S/C12H12N4/c1-2-6-10-9(4-1)5-3-7-11(10)12-15-13-8-14-16-12/h3,5,7-8H,1-2,4,6H2. The lowest BCUT2D eigenvalue weighted by Gasteiger charge is -2.17. The summed E-state index contributed by atoms with van der Waals surface area (Å²) in [5.74, 6) is 0.640. The van der Waals surface area contributed by atoms with Crippen molar-refractivity contribution in [1.82, 2.24) is 20.4 Å². The summed E-state index contributed by atoms with van der Waals surface area (Å²) < 4.78 is 0. The molecule has 0 bridgehead atoms. The molecule has 80 valence electrons. The van der Waals surface area contributed by atoms with E-state index in [-0.39, 0.29) is 0 Å². The van der Waals surface area contributed by atoms with Crippen LogP contribution in [-0.2, 0) is 12.8 Å². The molecule has 0 unspecified atom stereocenters. The van der Waals surface area contributed by atoms with Gasteiger partial charge in [0.2, 0.25) is 5.82 Å². The second-order valence-corrected chi connectivity index (χ2v) is 4.02. The van der Waals surface area contributed by atoms with Crippen molar-refractivity contribution in [2.75, 3.05) is 0 Å². The first-order valence-corrected chi connectivity index (χ1v) is 5.56. The molecule has 16 heavy (non-hydrogen) atoms. The molecule has 2 aromatic rings. The Morgan fingerprint density at radius 2 is 1.75 bits per heavy atom. The van der Waals surface area contributed by atoms with Crippen molar-refractivity contribution in [1.29, 1.82) is 0 Å². The normalized spacial score (nSPS) is 14.5. The van der Waals surface area contributed by atoms with Crippen molar-refractivity contribution in [3.05, 3.63) is 35.7 Å². The topological polar surface area (TPSA) is 51.6 Å². The first-order chi connectivity index (χ1) is 7.95. The van der Waals surface area contributed by atoms with Crippen molar-refractivity contribution in [3.8, 4) is 11.4 Å². The van der Waals surface area contributed by atoms with Crippen molar-refractivity contribution >= 4 is 0 Å². The fraction of sp³-hybridized carbons (Fsp3) is 0.333. The Kier molecular flexibility index (Phi) is 2.33. The summed E-state index contributed by atoms with van der Waals surface area (Å²) in [6.45, 7) is 0. The third-order valence-electron chi connectivity index (χ3n) is 3.05. The predicted octanol–water partition coefficient (Wildman–Crippen LogP) is 1.81. The average Bonchev–Trinajstić information content (AvgIpc) is 2.39. The number of rotatable bonds is 1. The minimum atomic E-state index is 0.640. The maximum Gasteiger partial charge on any atom is 0.203 e. The monoisotopic (exact) mass is 212 g/mol. The average molecular weight is 212 g/mol. The molecule has 1 aliphatic rings. The van der Waals surface area contributed by atoms with Crippen LogP contribution in [0.5, 0.6) is 0 Å². The highest BCUT2D eigenvalue weighted by Crippen LogP contribution is 2.28. The van der Waals surface area contributed by atoms with Gasteiger partial charge in [-0.25, -0.2) is 0 Å². The highest BCUT2D eigenvalue weighted by molar-refractivity contribution is 5.62. The lowest BCUT2D eigenvalue weighted by molar-refractivity contribution is 0.685. The predicted molar refractivity (Wildman–Crippen MR) is 59.7 cm³/mol. The van der Waals surface area contributed by atoms with E-state index in [0.29, 0.717) is 5.82 Å². The summed E-state index contributed by atoms with van der Waals surface area (Å²) in [7, 11) is 0. The van der Waals surface area contributed by atoms with Crippen LogP contribution in [0.15, 0.2) is 24.5 Å². The van der Waals surface area contributed by atoms with Crippen LogP contribution in [0.25, 0.3) is 11.4 Å². The Morgan fingerprint density at radius 1 is 0.938 bits per heavy atom. The van der Waals surface area contributed by atoms with Gasteiger partial charge >= 0.3 is 0 Å². The first-order valence-electron chi connectivity index (χ1n) is 5.56. The van der Waals surface area contributed by atoms with Gasteiger partial charge in [0.05, 0.1) is 0 Å². The van der Waals surface area contributed by atoms with E-state index in [4.69, 9.17) is 0 Å². The van der Waals surface area contributed by atoms with Gasteiger partial charge in [0, 0.05) is 5.56 Å². The zero-order chi connectivity index (χ0) is 10.8. The van der Waals surface area contributed by atoms with Gasteiger partial charge < -0.3 is 0 Å². The van der Waals surface area contributed by atoms with Crippen LogP contribution in [0.4, 0.5) is 0 Å². The van der Waals surface area contributed by atoms with Crippen molar-refractivity contribution in [2.24, 2.45) is 0 Å². The van der Waals surface area contributed by atoms with Crippen LogP contribution < -0.4 is 0 Å². The molecule has 3 rings (SSSR count). The number of benzene rings is 1. The first kappa shape index (κ1) is 9.39. The lowest BCUT2D eigenvalue weighted by atomic mass is 9.88. The number of aromatic nitrogens is 4. The van der Waals surface area contributed by atoms with E-state index in [1.807, 2.05) is 0 Å². The van der Waals surface area contributed by atoms with E-state index >= 15 is 0 Å². The summed E-state index contributed by atoms with van der Waals surface area (Å²) in [5.41, 5.74) is 3.90. The maximum absolute atomic E-state index is 4.03. The van der Waals surface area contributed by atoms with Crippen LogP contribution in [0.1, 0.15) is 24.0 Å².